The number of benzene rings is 2. The first-order valence-electron chi connectivity index (χ1n) is 9.94. The number of para-hydroxylation sites is 1. The van der Waals surface area contributed by atoms with Crippen molar-refractivity contribution in [3.05, 3.63) is 77.4 Å². The summed E-state index contributed by atoms with van der Waals surface area (Å²) in [5.74, 6) is 1.17. The van der Waals surface area contributed by atoms with Gasteiger partial charge >= 0.3 is 0 Å². The summed E-state index contributed by atoms with van der Waals surface area (Å²) in [5.41, 5.74) is 8.87. The highest BCUT2D eigenvalue weighted by molar-refractivity contribution is 5.89. The van der Waals surface area contributed by atoms with Crippen molar-refractivity contribution >= 4 is 33.6 Å². The standard InChI is InChI=1S/C22H20N8O/c1-2-15(28-20-18-19(25-11-24-18)26-12-27-20)21-29-16-10-6-9-14(23)17(16)22(31)30(21)13-7-4-3-5-8-13/h3-12,15H,2,23H2,1H3,(H2,24,25,26,27,28)/t15-/m0/s1. The van der Waals surface area contributed by atoms with Gasteiger partial charge < -0.3 is 16.0 Å². The average molecular weight is 412 g/mol. The van der Waals surface area contributed by atoms with Gasteiger partial charge in [-0.1, -0.05) is 31.2 Å². The Bertz CT molecular complexity index is 1440. The molecule has 0 spiro atoms. The number of nitrogens with two attached hydrogens (primary N) is 1. The van der Waals surface area contributed by atoms with Gasteiger partial charge in [-0.2, -0.15) is 0 Å². The topological polar surface area (TPSA) is 127 Å². The lowest BCUT2D eigenvalue weighted by molar-refractivity contribution is 0.659. The van der Waals surface area contributed by atoms with Crippen LogP contribution in [0.2, 0.25) is 0 Å². The third kappa shape index (κ3) is 3.16. The quantitative estimate of drug-likeness (QED) is 0.378. The second-order valence-electron chi connectivity index (χ2n) is 7.12. The smallest absolute Gasteiger partial charge is 0.268 e. The molecule has 0 aliphatic rings. The zero-order valence-corrected chi connectivity index (χ0v) is 16.8. The van der Waals surface area contributed by atoms with Gasteiger partial charge in [0.15, 0.2) is 11.5 Å². The van der Waals surface area contributed by atoms with Crippen molar-refractivity contribution in [3.8, 4) is 5.69 Å². The van der Waals surface area contributed by atoms with Crippen molar-refractivity contribution in [1.29, 1.82) is 0 Å². The molecule has 4 N–H and O–H groups in total. The Morgan fingerprint density at radius 3 is 2.74 bits per heavy atom. The number of anilines is 2. The highest BCUT2D eigenvalue weighted by atomic mass is 16.1. The first-order valence-corrected chi connectivity index (χ1v) is 9.94. The van der Waals surface area contributed by atoms with Crippen LogP contribution >= 0.6 is 0 Å². The molecule has 0 aliphatic heterocycles. The summed E-state index contributed by atoms with van der Waals surface area (Å²) in [6, 6.07) is 14.4. The predicted molar refractivity (Wildman–Crippen MR) is 120 cm³/mol. The fraction of sp³-hybridized carbons (Fsp3) is 0.136. The number of hydrogen-bond acceptors (Lipinski definition) is 7. The second-order valence-corrected chi connectivity index (χ2v) is 7.12. The van der Waals surface area contributed by atoms with Crippen molar-refractivity contribution in [2.24, 2.45) is 0 Å². The largest absolute Gasteiger partial charge is 0.398 e. The molecule has 9 nitrogen and oxygen atoms in total. The van der Waals surface area contributed by atoms with Crippen LogP contribution in [-0.2, 0) is 0 Å². The summed E-state index contributed by atoms with van der Waals surface area (Å²) in [7, 11) is 0. The summed E-state index contributed by atoms with van der Waals surface area (Å²) in [4.78, 5) is 34.2. The molecule has 0 radical (unpaired) electrons. The zero-order valence-electron chi connectivity index (χ0n) is 16.8. The van der Waals surface area contributed by atoms with Crippen molar-refractivity contribution in [3.63, 3.8) is 0 Å². The molecule has 1 atom stereocenters. The number of aromatic amines is 1. The maximum absolute atomic E-state index is 13.6. The van der Waals surface area contributed by atoms with Crippen molar-refractivity contribution in [2.75, 3.05) is 11.1 Å². The van der Waals surface area contributed by atoms with Crippen LogP contribution in [0.1, 0.15) is 25.2 Å². The highest BCUT2D eigenvalue weighted by Gasteiger charge is 2.22. The van der Waals surface area contributed by atoms with Crippen LogP contribution in [0, 0.1) is 0 Å². The van der Waals surface area contributed by atoms with E-state index in [2.05, 4.69) is 25.3 Å². The normalized spacial score (nSPS) is 12.3. The molecule has 0 aliphatic carbocycles. The van der Waals surface area contributed by atoms with Crippen LogP contribution in [0.5, 0.6) is 0 Å². The summed E-state index contributed by atoms with van der Waals surface area (Å²) in [6.07, 6.45) is 3.69. The van der Waals surface area contributed by atoms with Crippen LogP contribution in [0.4, 0.5) is 11.5 Å². The molecule has 3 heterocycles. The van der Waals surface area contributed by atoms with Crippen molar-refractivity contribution in [2.45, 2.75) is 19.4 Å². The Morgan fingerprint density at radius 1 is 1.10 bits per heavy atom. The molecule has 3 aromatic heterocycles. The number of fused-ring (bicyclic) bond motifs is 2. The van der Waals surface area contributed by atoms with Gasteiger partial charge in [0.25, 0.3) is 5.56 Å². The molecule has 0 bridgehead atoms. The maximum atomic E-state index is 13.6. The van der Waals surface area contributed by atoms with Gasteiger partial charge in [0, 0.05) is 5.69 Å². The summed E-state index contributed by atoms with van der Waals surface area (Å²) < 4.78 is 1.62. The molecule has 0 saturated carbocycles. The summed E-state index contributed by atoms with van der Waals surface area (Å²) in [5, 5.41) is 3.82. The molecule has 0 unspecified atom stereocenters. The highest BCUT2D eigenvalue weighted by Crippen LogP contribution is 2.26. The minimum atomic E-state index is -0.305. The van der Waals surface area contributed by atoms with Gasteiger partial charge in [0.1, 0.15) is 17.7 Å². The Labute approximate surface area is 177 Å². The van der Waals surface area contributed by atoms with Gasteiger partial charge in [-0.15, -0.1) is 0 Å². The third-order valence-electron chi connectivity index (χ3n) is 5.22. The minimum Gasteiger partial charge on any atom is -0.398 e. The van der Waals surface area contributed by atoms with Gasteiger partial charge in [0.2, 0.25) is 0 Å². The molecule has 154 valence electrons. The molecule has 2 aromatic carbocycles. The molecule has 31 heavy (non-hydrogen) atoms. The van der Waals surface area contributed by atoms with Crippen LogP contribution < -0.4 is 16.6 Å². The van der Waals surface area contributed by atoms with E-state index in [9.17, 15) is 4.79 Å². The van der Waals surface area contributed by atoms with Gasteiger partial charge in [-0.25, -0.2) is 19.9 Å². The number of H-pyrrole nitrogens is 1. The van der Waals surface area contributed by atoms with E-state index >= 15 is 0 Å². The van der Waals surface area contributed by atoms with Gasteiger partial charge in [-0.05, 0) is 30.7 Å². The summed E-state index contributed by atoms with van der Waals surface area (Å²) in [6.45, 7) is 2.02. The number of nitrogens with one attached hydrogen (secondary N) is 2. The van der Waals surface area contributed by atoms with E-state index < -0.39 is 0 Å². The minimum absolute atomic E-state index is 0.209. The molecular formula is C22H20N8O. The van der Waals surface area contributed by atoms with E-state index in [0.29, 0.717) is 45.8 Å². The van der Waals surface area contributed by atoms with E-state index in [1.807, 2.05) is 37.3 Å². The Hall–Kier alpha value is -4.27. The summed E-state index contributed by atoms with van der Waals surface area (Å²) >= 11 is 0. The maximum Gasteiger partial charge on any atom is 0.268 e. The molecule has 0 amide bonds. The van der Waals surface area contributed by atoms with Crippen molar-refractivity contribution < 1.29 is 0 Å². The molecule has 0 saturated heterocycles. The molecule has 5 aromatic rings. The molecule has 0 fully saturated rings. The fourth-order valence-corrected chi connectivity index (χ4v) is 3.72. The average Bonchev–Trinajstić information content (AvgIpc) is 3.27. The van der Waals surface area contributed by atoms with E-state index in [-0.39, 0.29) is 11.6 Å². The number of nitrogen functional groups attached to an aromatic ring is 1. The predicted octanol–water partition coefficient (Wildman–Crippen LogP) is 3.20. The van der Waals surface area contributed by atoms with Crippen molar-refractivity contribution in [1.82, 2.24) is 29.5 Å². The van der Waals surface area contributed by atoms with Crippen LogP contribution in [0.25, 0.3) is 27.8 Å². The Balaban J connectivity index is 1.74. The molecule has 5 rings (SSSR count). The molecule has 9 heteroatoms. The molecular weight excluding hydrogens is 392 g/mol. The third-order valence-corrected chi connectivity index (χ3v) is 5.22. The van der Waals surface area contributed by atoms with E-state index in [1.165, 1.54) is 6.33 Å². The number of hydrogen-bond donors (Lipinski definition) is 3. The van der Waals surface area contributed by atoms with Gasteiger partial charge in [-0.3, -0.25) is 9.36 Å². The van der Waals surface area contributed by atoms with E-state index in [1.54, 1.807) is 29.1 Å². The number of rotatable bonds is 5. The number of imidazole rings is 1. The van der Waals surface area contributed by atoms with Crippen LogP contribution in [0.15, 0.2) is 66.0 Å². The number of nitrogens with zero attached hydrogens (tertiary/aromatic N) is 5. The van der Waals surface area contributed by atoms with E-state index in [0.717, 1.165) is 5.69 Å². The van der Waals surface area contributed by atoms with Gasteiger partial charge in [0.05, 0.1) is 29.0 Å². The fourth-order valence-electron chi connectivity index (χ4n) is 3.72. The lowest BCUT2D eigenvalue weighted by Gasteiger charge is -2.22. The monoisotopic (exact) mass is 412 g/mol. The lowest BCUT2D eigenvalue weighted by Crippen LogP contribution is -2.28. The Kier molecular flexibility index (Phi) is 4.55. The second kappa shape index (κ2) is 7.52. The van der Waals surface area contributed by atoms with Crippen LogP contribution in [0.3, 0.4) is 0 Å². The first-order chi connectivity index (χ1) is 15.2. The number of aromatic nitrogens is 6. The Morgan fingerprint density at radius 2 is 1.94 bits per heavy atom. The lowest BCUT2D eigenvalue weighted by atomic mass is 10.1. The van der Waals surface area contributed by atoms with Crippen LogP contribution in [-0.4, -0.2) is 29.5 Å². The SMILES string of the molecule is CC[C@H](Nc1ncnc2nc[nH]c12)c1nc2cccc(N)c2c(=O)n1-c1ccccc1. The van der Waals surface area contributed by atoms with E-state index in [4.69, 9.17) is 10.7 Å². The first kappa shape index (κ1) is 18.7. The zero-order chi connectivity index (χ0) is 21.4.